The molecule has 0 bridgehead atoms. The molecule has 5 heteroatoms. The lowest BCUT2D eigenvalue weighted by atomic mass is 10.0. The van der Waals surface area contributed by atoms with Gasteiger partial charge in [0.1, 0.15) is 12.2 Å². The Hall–Kier alpha value is -4.04. The van der Waals surface area contributed by atoms with Crippen LogP contribution in [-0.2, 0) is 16.0 Å². The molecule has 0 fully saturated rings. The molecular weight excluding hydrogens is 390 g/mol. The number of carbonyl (C=O) groups excluding carboxylic acids is 1. The van der Waals surface area contributed by atoms with E-state index in [0.717, 1.165) is 16.7 Å². The van der Waals surface area contributed by atoms with Crippen molar-refractivity contribution < 1.29 is 19.0 Å². The minimum absolute atomic E-state index is 0.0693. The van der Waals surface area contributed by atoms with Gasteiger partial charge in [-0.25, -0.2) is 4.79 Å². The van der Waals surface area contributed by atoms with Crippen LogP contribution in [0.5, 0.6) is 11.5 Å². The number of carbonyl (C=O) groups is 1. The standard InChI is InChI=1S/C26H23NO4/c1-29-25-19-21(12-14-23(25)30-17-16-27)13-15-26(28)31-24(22-10-6-3-7-11-22)18-20-8-4-2-5-9-20/h2-15,19,24H,17-18H2,1H3/b15-13+. The minimum atomic E-state index is -0.437. The molecule has 3 rings (SSSR count). The molecule has 31 heavy (non-hydrogen) atoms. The molecule has 0 aliphatic carbocycles. The molecule has 0 aromatic heterocycles. The summed E-state index contributed by atoms with van der Waals surface area (Å²) >= 11 is 0. The highest BCUT2D eigenvalue weighted by Gasteiger charge is 2.16. The van der Waals surface area contributed by atoms with Crippen LogP contribution in [0.2, 0.25) is 0 Å². The van der Waals surface area contributed by atoms with Crippen molar-refractivity contribution in [3.8, 4) is 17.6 Å². The van der Waals surface area contributed by atoms with E-state index in [1.165, 1.54) is 13.2 Å². The van der Waals surface area contributed by atoms with Crippen LogP contribution in [0, 0.1) is 11.3 Å². The van der Waals surface area contributed by atoms with Crippen LogP contribution in [0.1, 0.15) is 22.8 Å². The van der Waals surface area contributed by atoms with Crippen molar-refractivity contribution in [3.05, 3.63) is 102 Å². The first-order valence-electron chi connectivity index (χ1n) is 9.85. The summed E-state index contributed by atoms with van der Waals surface area (Å²) in [6.07, 6.45) is 3.25. The van der Waals surface area contributed by atoms with Gasteiger partial charge in [0.15, 0.2) is 18.1 Å². The summed E-state index contributed by atoms with van der Waals surface area (Å²) in [5.74, 6) is 0.515. The Labute approximate surface area is 182 Å². The van der Waals surface area contributed by atoms with Crippen molar-refractivity contribution in [1.29, 1.82) is 5.26 Å². The van der Waals surface area contributed by atoms with E-state index in [9.17, 15) is 4.79 Å². The van der Waals surface area contributed by atoms with E-state index in [4.69, 9.17) is 19.5 Å². The Morgan fingerprint density at radius 2 is 1.71 bits per heavy atom. The molecule has 1 unspecified atom stereocenters. The highest BCUT2D eigenvalue weighted by atomic mass is 16.5. The Kier molecular flexibility index (Phi) is 7.84. The lowest BCUT2D eigenvalue weighted by Crippen LogP contribution is -2.12. The van der Waals surface area contributed by atoms with Crippen molar-refractivity contribution in [3.63, 3.8) is 0 Å². The van der Waals surface area contributed by atoms with Crippen molar-refractivity contribution >= 4 is 12.0 Å². The zero-order valence-corrected chi connectivity index (χ0v) is 17.2. The van der Waals surface area contributed by atoms with Crippen molar-refractivity contribution in [2.45, 2.75) is 12.5 Å². The van der Waals surface area contributed by atoms with Gasteiger partial charge in [-0.2, -0.15) is 5.26 Å². The van der Waals surface area contributed by atoms with Gasteiger partial charge < -0.3 is 14.2 Å². The van der Waals surface area contributed by atoms with Gasteiger partial charge in [-0.1, -0.05) is 66.7 Å². The number of esters is 1. The van der Waals surface area contributed by atoms with Gasteiger partial charge in [0.25, 0.3) is 0 Å². The van der Waals surface area contributed by atoms with E-state index in [1.54, 1.807) is 24.3 Å². The lowest BCUT2D eigenvalue weighted by Gasteiger charge is -2.17. The quantitative estimate of drug-likeness (QED) is 0.359. The Balaban J connectivity index is 1.72. The molecular formula is C26H23NO4. The van der Waals surface area contributed by atoms with Crippen molar-refractivity contribution in [2.24, 2.45) is 0 Å². The summed E-state index contributed by atoms with van der Waals surface area (Å²) in [6, 6.07) is 26.8. The van der Waals surface area contributed by atoms with Crippen molar-refractivity contribution in [1.82, 2.24) is 0 Å². The summed E-state index contributed by atoms with van der Waals surface area (Å²) in [5.41, 5.74) is 2.78. The summed E-state index contributed by atoms with van der Waals surface area (Å²) in [6.45, 7) is -0.0693. The molecule has 0 aliphatic heterocycles. The van der Waals surface area contributed by atoms with Crippen LogP contribution in [0.15, 0.2) is 84.9 Å². The highest BCUT2D eigenvalue weighted by molar-refractivity contribution is 5.87. The molecule has 3 aromatic rings. The molecule has 0 radical (unpaired) electrons. The SMILES string of the molecule is COc1cc(/C=C/C(=O)OC(Cc2ccccc2)c2ccccc2)ccc1OCC#N. The number of ether oxygens (including phenoxy) is 3. The van der Waals surface area contributed by atoms with Gasteiger partial charge in [0.2, 0.25) is 0 Å². The predicted molar refractivity (Wildman–Crippen MR) is 119 cm³/mol. The minimum Gasteiger partial charge on any atom is -0.493 e. The third-order valence-electron chi connectivity index (χ3n) is 4.59. The first-order valence-corrected chi connectivity index (χ1v) is 9.85. The molecule has 0 heterocycles. The number of nitriles is 1. The van der Waals surface area contributed by atoms with E-state index >= 15 is 0 Å². The van der Waals surface area contributed by atoms with Crippen LogP contribution < -0.4 is 9.47 Å². The number of methoxy groups -OCH3 is 1. The van der Waals surface area contributed by atoms with Crippen LogP contribution >= 0.6 is 0 Å². The Morgan fingerprint density at radius 3 is 2.39 bits per heavy atom. The van der Waals surface area contributed by atoms with Gasteiger partial charge in [-0.05, 0) is 34.9 Å². The normalized spacial score (nSPS) is 11.5. The maximum atomic E-state index is 12.6. The van der Waals surface area contributed by atoms with Gasteiger partial charge in [-0.3, -0.25) is 0 Å². The fraction of sp³-hybridized carbons (Fsp3) is 0.154. The van der Waals surface area contributed by atoms with E-state index < -0.39 is 12.1 Å². The van der Waals surface area contributed by atoms with E-state index in [1.807, 2.05) is 66.7 Å². The molecule has 0 saturated carbocycles. The monoisotopic (exact) mass is 413 g/mol. The molecule has 5 nitrogen and oxygen atoms in total. The molecule has 1 atom stereocenters. The second-order valence-corrected chi connectivity index (χ2v) is 6.72. The zero-order chi connectivity index (χ0) is 21.9. The molecule has 0 spiro atoms. The molecule has 0 N–H and O–H groups in total. The lowest BCUT2D eigenvalue weighted by molar-refractivity contribution is -0.143. The summed E-state index contributed by atoms with van der Waals surface area (Å²) in [5, 5.41) is 8.66. The largest absolute Gasteiger partial charge is 0.493 e. The number of nitrogens with zero attached hydrogens (tertiary/aromatic N) is 1. The van der Waals surface area contributed by atoms with Crippen LogP contribution in [-0.4, -0.2) is 19.7 Å². The first kappa shape index (κ1) is 21.7. The second-order valence-electron chi connectivity index (χ2n) is 6.72. The average Bonchev–Trinajstić information content (AvgIpc) is 2.82. The predicted octanol–water partition coefficient (Wildman–Crippen LogP) is 5.14. The average molecular weight is 413 g/mol. The fourth-order valence-corrected chi connectivity index (χ4v) is 3.08. The Morgan fingerprint density at radius 1 is 1.00 bits per heavy atom. The van der Waals surface area contributed by atoms with Gasteiger partial charge in [-0.15, -0.1) is 0 Å². The van der Waals surface area contributed by atoms with Gasteiger partial charge in [0.05, 0.1) is 7.11 Å². The van der Waals surface area contributed by atoms with Crippen LogP contribution in [0.25, 0.3) is 6.08 Å². The van der Waals surface area contributed by atoms with Crippen LogP contribution in [0.4, 0.5) is 0 Å². The molecule has 0 amide bonds. The second kappa shape index (κ2) is 11.2. The van der Waals surface area contributed by atoms with E-state index in [0.29, 0.717) is 17.9 Å². The Bertz CT molecular complexity index is 1060. The molecule has 0 aliphatic rings. The summed E-state index contributed by atoms with van der Waals surface area (Å²) < 4.78 is 16.4. The molecule has 0 saturated heterocycles. The maximum absolute atomic E-state index is 12.6. The number of rotatable bonds is 9. The number of benzene rings is 3. The topological polar surface area (TPSA) is 68.6 Å². The van der Waals surface area contributed by atoms with E-state index in [2.05, 4.69) is 0 Å². The third kappa shape index (κ3) is 6.48. The maximum Gasteiger partial charge on any atom is 0.331 e. The van der Waals surface area contributed by atoms with E-state index in [-0.39, 0.29) is 6.61 Å². The highest BCUT2D eigenvalue weighted by Crippen LogP contribution is 2.28. The smallest absolute Gasteiger partial charge is 0.331 e. The third-order valence-corrected chi connectivity index (χ3v) is 4.59. The van der Waals surface area contributed by atoms with Gasteiger partial charge in [0, 0.05) is 12.5 Å². The summed E-state index contributed by atoms with van der Waals surface area (Å²) in [7, 11) is 1.52. The zero-order valence-electron chi connectivity index (χ0n) is 17.2. The summed E-state index contributed by atoms with van der Waals surface area (Å²) in [4.78, 5) is 12.6. The number of hydrogen-bond donors (Lipinski definition) is 0. The van der Waals surface area contributed by atoms with Crippen molar-refractivity contribution in [2.75, 3.05) is 13.7 Å². The first-order chi connectivity index (χ1) is 15.2. The molecule has 156 valence electrons. The number of hydrogen-bond acceptors (Lipinski definition) is 5. The van der Waals surface area contributed by atoms with Gasteiger partial charge >= 0.3 is 5.97 Å². The van der Waals surface area contributed by atoms with Crippen LogP contribution in [0.3, 0.4) is 0 Å². The molecule has 3 aromatic carbocycles. The fourth-order valence-electron chi connectivity index (χ4n) is 3.08.